The van der Waals surface area contributed by atoms with Gasteiger partial charge in [-0.25, -0.2) is 4.98 Å². The summed E-state index contributed by atoms with van der Waals surface area (Å²) in [5.41, 5.74) is 0. The van der Waals surface area contributed by atoms with Gasteiger partial charge in [0, 0.05) is 17.5 Å². The van der Waals surface area contributed by atoms with Crippen LogP contribution in [0.5, 0.6) is 0 Å². The zero-order chi connectivity index (χ0) is 12.8. The average Bonchev–Trinajstić information content (AvgIpc) is 2.36. The molecule has 1 saturated carbocycles. The molecule has 4 heteroatoms. The minimum Gasteiger partial charge on any atom is -0.316 e. The predicted molar refractivity (Wildman–Crippen MR) is 79.4 cm³/mol. The van der Waals surface area contributed by atoms with Crippen molar-refractivity contribution in [3.63, 3.8) is 0 Å². The van der Waals surface area contributed by atoms with Gasteiger partial charge >= 0.3 is 0 Å². The van der Waals surface area contributed by atoms with Crippen molar-refractivity contribution in [1.82, 2.24) is 10.3 Å². The minimum atomic E-state index is 0.604. The summed E-state index contributed by atoms with van der Waals surface area (Å²) in [5.74, 6) is 0. The Labute approximate surface area is 119 Å². The van der Waals surface area contributed by atoms with Gasteiger partial charge in [0.05, 0.1) is 10.0 Å². The minimum absolute atomic E-state index is 0.604. The third-order valence-corrected chi connectivity index (χ3v) is 5.12. The molecule has 1 aliphatic rings. The van der Waals surface area contributed by atoms with Crippen LogP contribution in [0, 0.1) is 0 Å². The Morgan fingerprint density at radius 3 is 2.67 bits per heavy atom. The highest BCUT2D eigenvalue weighted by atomic mass is 35.5. The predicted octanol–water partition coefficient (Wildman–Crippen LogP) is 4.14. The van der Waals surface area contributed by atoms with E-state index in [1.807, 2.05) is 23.9 Å². The molecule has 1 N–H and O–H groups in total. The van der Waals surface area contributed by atoms with E-state index in [0.29, 0.717) is 16.3 Å². The second-order valence-corrected chi connectivity index (χ2v) is 6.55. The first-order valence-corrected chi connectivity index (χ1v) is 8.01. The largest absolute Gasteiger partial charge is 0.316 e. The monoisotopic (exact) mass is 284 g/mol. The average molecular weight is 285 g/mol. The number of thioether (sulfide) groups is 1. The molecule has 2 rings (SSSR count). The third-order valence-electron chi connectivity index (χ3n) is 3.55. The van der Waals surface area contributed by atoms with Crippen LogP contribution in [0.15, 0.2) is 23.4 Å². The van der Waals surface area contributed by atoms with E-state index in [9.17, 15) is 0 Å². The summed E-state index contributed by atoms with van der Waals surface area (Å²) in [7, 11) is 2.08. The van der Waals surface area contributed by atoms with Gasteiger partial charge < -0.3 is 5.32 Å². The van der Waals surface area contributed by atoms with Crippen molar-refractivity contribution in [2.75, 3.05) is 7.05 Å². The maximum atomic E-state index is 5.87. The molecule has 100 valence electrons. The lowest BCUT2D eigenvalue weighted by Gasteiger charge is -2.28. The molecular formula is C14H21ClN2S. The molecule has 2 unspecified atom stereocenters. The number of hydrogen-bond acceptors (Lipinski definition) is 3. The fourth-order valence-electron chi connectivity index (χ4n) is 2.51. The summed E-state index contributed by atoms with van der Waals surface area (Å²) in [4.78, 5) is 4.40. The van der Waals surface area contributed by atoms with E-state index in [-0.39, 0.29) is 0 Å². The summed E-state index contributed by atoms with van der Waals surface area (Å²) in [6.07, 6.45) is 9.74. The molecule has 2 atom stereocenters. The molecule has 18 heavy (non-hydrogen) atoms. The van der Waals surface area contributed by atoms with Gasteiger partial charge in [-0.2, -0.15) is 0 Å². The van der Waals surface area contributed by atoms with Crippen LogP contribution in [0.4, 0.5) is 0 Å². The summed E-state index contributed by atoms with van der Waals surface area (Å²) >= 11 is 7.77. The van der Waals surface area contributed by atoms with Gasteiger partial charge in [0.25, 0.3) is 0 Å². The molecule has 1 heterocycles. The normalized spacial score (nSPS) is 25.4. The van der Waals surface area contributed by atoms with Gasteiger partial charge in [-0.15, -0.1) is 11.8 Å². The van der Waals surface area contributed by atoms with Crippen molar-refractivity contribution in [2.45, 2.75) is 54.8 Å². The molecule has 0 bridgehead atoms. The first-order valence-electron chi connectivity index (χ1n) is 6.75. The van der Waals surface area contributed by atoms with Crippen molar-refractivity contribution in [2.24, 2.45) is 0 Å². The van der Waals surface area contributed by atoms with Crippen molar-refractivity contribution >= 4 is 23.4 Å². The van der Waals surface area contributed by atoms with Gasteiger partial charge in [-0.3, -0.25) is 0 Å². The number of halogens is 1. The maximum absolute atomic E-state index is 5.87. The van der Waals surface area contributed by atoms with Crippen molar-refractivity contribution in [1.29, 1.82) is 0 Å². The van der Waals surface area contributed by atoms with Crippen molar-refractivity contribution in [3.05, 3.63) is 23.4 Å². The topological polar surface area (TPSA) is 24.9 Å². The lowest BCUT2D eigenvalue weighted by molar-refractivity contribution is 0.420. The van der Waals surface area contributed by atoms with E-state index in [2.05, 4.69) is 17.3 Å². The van der Waals surface area contributed by atoms with Crippen LogP contribution in [0.1, 0.15) is 38.5 Å². The highest BCUT2D eigenvalue weighted by molar-refractivity contribution is 7.99. The highest BCUT2D eigenvalue weighted by Gasteiger charge is 2.22. The van der Waals surface area contributed by atoms with E-state index in [1.165, 1.54) is 38.5 Å². The molecule has 0 aromatic carbocycles. The highest BCUT2D eigenvalue weighted by Crippen LogP contribution is 2.31. The van der Waals surface area contributed by atoms with Crippen LogP contribution < -0.4 is 5.32 Å². The van der Waals surface area contributed by atoms with Crippen LogP contribution >= 0.6 is 23.4 Å². The number of pyridine rings is 1. The molecule has 0 amide bonds. The van der Waals surface area contributed by atoms with E-state index in [4.69, 9.17) is 11.6 Å². The Bertz CT molecular complexity index is 355. The number of nitrogens with one attached hydrogen (secondary N) is 1. The van der Waals surface area contributed by atoms with Crippen molar-refractivity contribution in [3.8, 4) is 0 Å². The first-order chi connectivity index (χ1) is 8.79. The van der Waals surface area contributed by atoms with Crippen LogP contribution in [-0.2, 0) is 0 Å². The quantitative estimate of drug-likeness (QED) is 0.903. The van der Waals surface area contributed by atoms with Crippen molar-refractivity contribution < 1.29 is 0 Å². The Kier molecular flexibility index (Phi) is 5.80. The smallest absolute Gasteiger partial charge is 0.0964 e. The number of hydrogen-bond donors (Lipinski definition) is 1. The Hall–Kier alpha value is -0.250. The SMILES string of the molecule is CNC1CCCCCCC1Sc1ccc(Cl)cn1. The number of rotatable bonds is 3. The molecule has 0 radical (unpaired) electrons. The second-order valence-electron chi connectivity index (χ2n) is 4.86. The van der Waals surface area contributed by atoms with E-state index >= 15 is 0 Å². The fourth-order valence-corrected chi connectivity index (χ4v) is 3.91. The molecule has 1 aliphatic carbocycles. The van der Waals surface area contributed by atoms with Gasteiger partial charge in [-0.05, 0) is 32.0 Å². The zero-order valence-corrected chi connectivity index (χ0v) is 12.4. The van der Waals surface area contributed by atoms with E-state index < -0.39 is 0 Å². The third kappa shape index (κ3) is 4.15. The second kappa shape index (κ2) is 7.37. The molecular weight excluding hydrogens is 264 g/mol. The lowest BCUT2D eigenvalue weighted by Crippen LogP contribution is -2.36. The van der Waals surface area contributed by atoms with Gasteiger partial charge in [0.15, 0.2) is 0 Å². The van der Waals surface area contributed by atoms with E-state index in [0.717, 1.165) is 5.03 Å². The number of aromatic nitrogens is 1. The molecule has 1 aromatic heterocycles. The number of nitrogens with zero attached hydrogens (tertiary/aromatic N) is 1. The first kappa shape index (κ1) is 14.2. The van der Waals surface area contributed by atoms with Crippen LogP contribution in [0.3, 0.4) is 0 Å². The van der Waals surface area contributed by atoms with E-state index in [1.54, 1.807) is 6.20 Å². The van der Waals surface area contributed by atoms with Crippen LogP contribution in [0.2, 0.25) is 5.02 Å². The Morgan fingerprint density at radius 1 is 1.22 bits per heavy atom. The molecule has 0 saturated heterocycles. The Balaban J connectivity index is 2.00. The summed E-state index contributed by atoms with van der Waals surface area (Å²) in [6.45, 7) is 0. The summed E-state index contributed by atoms with van der Waals surface area (Å²) in [6, 6.07) is 4.56. The lowest BCUT2D eigenvalue weighted by atomic mass is 9.96. The zero-order valence-electron chi connectivity index (χ0n) is 10.9. The molecule has 2 nitrogen and oxygen atoms in total. The molecule has 1 aromatic rings. The fraction of sp³-hybridized carbons (Fsp3) is 0.643. The summed E-state index contributed by atoms with van der Waals surface area (Å²) in [5, 5.41) is 5.91. The van der Waals surface area contributed by atoms with Crippen LogP contribution in [0.25, 0.3) is 0 Å². The van der Waals surface area contributed by atoms with Gasteiger partial charge in [0.1, 0.15) is 0 Å². The van der Waals surface area contributed by atoms with Crippen LogP contribution in [-0.4, -0.2) is 23.3 Å². The molecule has 0 spiro atoms. The summed E-state index contributed by atoms with van der Waals surface area (Å²) < 4.78 is 0. The molecule has 0 aliphatic heterocycles. The van der Waals surface area contributed by atoms with Gasteiger partial charge in [-0.1, -0.05) is 37.3 Å². The van der Waals surface area contributed by atoms with Gasteiger partial charge in [0.2, 0.25) is 0 Å². The standard InChI is InChI=1S/C14H21ClN2S/c1-16-12-6-4-2-3-5-7-13(12)18-14-9-8-11(15)10-17-14/h8-10,12-13,16H,2-7H2,1H3. The maximum Gasteiger partial charge on any atom is 0.0964 e. The Morgan fingerprint density at radius 2 is 2.00 bits per heavy atom. The molecule has 1 fully saturated rings.